The minimum Gasteiger partial charge on any atom is -0.748 e. The molecule has 0 spiro atoms. The molecule has 2 atom stereocenters. The summed E-state index contributed by atoms with van der Waals surface area (Å²) in [7, 11) is -8.33. The molecule has 0 aromatic heterocycles. The molecule has 91 heavy (non-hydrogen) atoms. The number of rotatable bonds is 62. The van der Waals surface area contributed by atoms with Crippen molar-refractivity contribution < 1.29 is 113 Å². The van der Waals surface area contributed by atoms with Gasteiger partial charge in [0.1, 0.15) is 24.7 Å². The van der Waals surface area contributed by atoms with E-state index in [4.69, 9.17) is 77.8 Å². The minimum atomic E-state index is -4.17. The normalized spacial score (nSPS) is 14.1. The van der Waals surface area contributed by atoms with Crippen LogP contribution in [0.3, 0.4) is 0 Å². The predicted octanol–water partition coefficient (Wildman–Crippen LogP) is 11.2. The van der Waals surface area contributed by atoms with Gasteiger partial charge in [0.15, 0.2) is 0 Å². The molecular formula is C66H118N2O20PtS2. The summed E-state index contributed by atoms with van der Waals surface area (Å²) in [6, 6.07) is 16.6. The van der Waals surface area contributed by atoms with Crippen molar-refractivity contribution in [3.63, 3.8) is 0 Å². The predicted molar refractivity (Wildman–Crippen MR) is 350 cm³/mol. The number of hydrogen-bond acceptors (Lipinski definition) is 20. The first-order chi connectivity index (χ1) is 43.8. The Morgan fingerprint density at radius 2 is 0.549 bits per heavy atom. The Balaban J connectivity index is 0.00000156. The number of hydrogen-bond donors (Lipinski definition) is 0. The maximum absolute atomic E-state index is 10.4. The van der Waals surface area contributed by atoms with E-state index in [9.17, 15) is 25.9 Å². The molecular weight excluding hydrogens is 1400 g/mol. The molecule has 1 aliphatic carbocycles. The Bertz CT molecular complexity index is 1900. The van der Waals surface area contributed by atoms with E-state index in [1.54, 1.807) is 0 Å². The molecule has 0 bridgehead atoms. The summed E-state index contributed by atoms with van der Waals surface area (Å²) in [4.78, 5) is 0. The van der Waals surface area contributed by atoms with Crippen molar-refractivity contribution in [2.75, 3.05) is 183 Å². The smallest absolute Gasteiger partial charge is 0.748 e. The molecule has 0 amide bonds. The number of benzene rings is 2. The third-order valence-electron chi connectivity index (χ3n) is 13.8. The van der Waals surface area contributed by atoms with Crippen molar-refractivity contribution in [2.24, 2.45) is 0 Å². The second-order valence-electron chi connectivity index (χ2n) is 21.8. The summed E-state index contributed by atoms with van der Waals surface area (Å²) in [5, 5.41) is 0. The summed E-state index contributed by atoms with van der Waals surface area (Å²) in [5.74, 6) is 0.934. The second kappa shape index (κ2) is 66.6. The fraction of sp³-hybridized carbons (Fsp3) is 0.818. The largest absolute Gasteiger partial charge is 4.00 e. The molecule has 1 aliphatic rings. The average molecular weight is 1520 g/mol. The van der Waals surface area contributed by atoms with Crippen molar-refractivity contribution in [1.29, 1.82) is 0 Å². The molecule has 2 aromatic carbocycles. The molecule has 1 fully saturated rings. The molecule has 0 heterocycles. The van der Waals surface area contributed by atoms with Crippen LogP contribution in [0.15, 0.2) is 48.5 Å². The molecule has 25 heteroatoms. The van der Waals surface area contributed by atoms with Gasteiger partial charge in [-0.3, -0.25) is 0 Å². The number of unbranched alkanes of at least 4 members (excludes halogenated alkanes) is 12. The van der Waals surface area contributed by atoms with Crippen molar-refractivity contribution in [3.8, 4) is 11.5 Å². The Morgan fingerprint density at radius 1 is 0.330 bits per heavy atom. The van der Waals surface area contributed by atoms with Gasteiger partial charge in [-0.1, -0.05) is 141 Å². The van der Waals surface area contributed by atoms with Crippen molar-refractivity contribution >= 4 is 20.2 Å². The van der Waals surface area contributed by atoms with Gasteiger partial charge in [-0.05, 0) is 73.9 Å². The van der Waals surface area contributed by atoms with Crippen LogP contribution in [0.5, 0.6) is 11.5 Å². The molecule has 3 rings (SSSR count). The third kappa shape index (κ3) is 66.4. The van der Waals surface area contributed by atoms with Crippen LogP contribution in [0, 0.1) is 0 Å². The zero-order valence-electron chi connectivity index (χ0n) is 55.4. The van der Waals surface area contributed by atoms with Gasteiger partial charge < -0.3 is 86.9 Å². The SMILES string of the molecule is CCCCCCCCCc1ccc(OCCOCCOCCOCCOCCOCCOCCCS(=O)(=O)[O-])cc1.CCCCCCCCCc1ccc(OCCOCCOCCOCCOCCOCCOCCCS(=O)(=O)[O-])cc1.[NH-]C1CCCCC1[NH-].[Pt+4]. The maximum atomic E-state index is 10.4. The fourth-order valence-corrected chi connectivity index (χ4v) is 9.67. The Morgan fingerprint density at radius 3 is 0.780 bits per heavy atom. The summed E-state index contributed by atoms with van der Waals surface area (Å²) in [5.41, 5.74) is 17.3. The average Bonchev–Trinajstić information content (AvgIpc) is 3.17. The van der Waals surface area contributed by atoms with E-state index in [0.717, 1.165) is 37.2 Å². The zero-order valence-corrected chi connectivity index (χ0v) is 59.3. The second-order valence-corrected chi connectivity index (χ2v) is 24.9. The fourth-order valence-electron chi connectivity index (χ4n) is 8.72. The summed E-state index contributed by atoms with van der Waals surface area (Å²) < 4.78 is 139. The summed E-state index contributed by atoms with van der Waals surface area (Å²) >= 11 is 0. The van der Waals surface area contributed by atoms with Gasteiger partial charge in [0.05, 0.1) is 166 Å². The van der Waals surface area contributed by atoms with Crippen LogP contribution < -0.4 is 9.47 Å². The molecule has 0 aliphatic heterocycles. The first kappa shape index (κ1) is 89.0. The quantitative estimate of drug-likeness (QED) is 0.0439. The van der Waals surface area contributed by atoms with Crippen LogP contribution in [0.2, 0.25) is 0 Å². The van der Waals surface area contributed by atoms with Crippen LogP contribution in [-0.2, 0) is 111 Å². The maximum Gasteiger partial charge on any atom is 4.00 e. The molecule has 534 valence electrons. The van der Waals surface area contributed by atoms with Gasteiger partial charge in [-0.25, -0.2) is 16.8 Å². The molecule has 2 aromatic rings. The third-order valence-corrected chi connectivity index (χ3v) is 15.4. The van der Waals surface area contributed by atoms with E-state index < -0.39 is 31.7 Å². The number of aryl methyl sites for hydroxylation is 2. The van der Waals surface area contributed by atoms with Crippen molar-refractivity contribution in [3.05, 3.63) is 71.1 Å². The number of nitrogens with one attached hydrogen (secondary N) is 2. The van der Waals surface area contributed by atoms with E-state index in [1.165, 1.54) is 114 Å². The van der Waals surface area contributed by atoms with Crippen molar-refractivity contribution in [2.45, 2.75) is 167 Å². The van der Waals surface area contributed by atoms with Gasteiger partial charge >= 0.3 is 21.1 Å². The van der Waals surface area contributed by atoms with Crippen LogP contribution in [-0.4, -0.2) is 221 Å². The Kier molecular flexibility index (Phi) is 65.1. The van der Waals surface area contributed by atoms with Gasteiger partial charge in [0, 0.05) is 24.7 Å². The molecule has 0 saturated heterocycles. The van der Waals surface area contributed by atoms with Crippen LogP contribution in [0.4, 0.5) is 0 Å². The Labute approximate surface area is 563 Å². The van der Waals surface area contributed by atoms with E-state index in [2.05, 4.69) is 38.1 Å². The van der Waals surface area contributed by atoms with E-state index >= 15 is 0 Å². The zero-order chi connectivity index (χ0) is 65.4. The van der Waals surface area contributed by atoms with Gasteiger partial charge in [0.25, 0.3) is 0 Å². The summed E-state index contributed by atoms with van der Waals surface area (Å²) in [6.07, 6.45) is 25.6. The van der Waals surface area contributed by atoms with E-state index in [1.807, 2.05) is 24.3 Å². The van der Waals surface area contributed by atoms with E-state index in [-0.39, 0.29) is 59.2 Å². The van der Waals surface area contributed by atoms with Gasteiger partial charge in [0.2, 0.25) is 0 Å². The standard InChI is InChI=1S/2C30H54O10S.C6H12N2.Pt/c2*1-2-3-4-5-6-7-8-10-29-11-13-30(14-12-29)40-27-26-39-25-24-38-23-22-37-21-20-36-19-18-35-17-16-34-15-9-28-41(31,32)33;7-5-3-1-2-4-6(5)8;/h2*11-14H,2-10,15-28H2,1H3,(H,31,32,33);5-8H,1-4H2;/q;;-2;+4/p-2. The molecule has 22 nitrogen and oxygen atoms in total. The number of ether oxygens (including phenoxy) is 14. The van der Waals surface area contributed by atoms with Crippen LogP contribution >= 0.6 is 0 Å². The van der Waals surface area contributed by atoms with Gasteiger partial charge in [-0.15, -0.1) is 0 Å². The first-order valence-corrected chi connectivity index (χ1v) is 36.6. The molecule has 1 saturated carbocycles. The molecule has 2 unspecified atom stereocenters. The molecule has 2 N–H and O–H groups in total. The topological polar surface area (TPSA) is 291 Å². The van der Waals surface area contributed by atoms with E-state index in [0.29, 0.717) is 159 Å². The Hall–Kier alpha value is -2.01. The first-order valence-electron chi connectivity index (χ1n) is 33.5. The molecule has 0 radical (unpaired) electrons. The monoisotopic (exact) mass is 1520 g/mol. The van der Waals surface area contributed by atoms with Crippen molar-refractivity contribution in [1.82, 2.24) is 0 Å². The summed E-state index contributed by atoms with van der Waals surface area (Å²) in [6.45, 7) is 16.1. The van der Waals surface area contributed by atoms with Crippen LogP contribution in [0.1, 0.15) is 153 Å². The van der Waals surface area contributed by atoms with Gasteiger partial charge in [-0.2, -0.15) is 12.1 Å². The minimum absolute atomic E-state index is 0. The van der Waals surface area contributed by atoms with Crippen LogP contribution in [0.25, 0.3) is 11.5 Å².